The van der Waals surface area contributed by atoms with Gasteiger partial charge in [-0.3, -0.25) is 19.4 Å². The predicted molar refractivity (Wildman–Crippen MR) is 65.1 cm³/mol. The number of hydrogen-bond acceptors (Lipinski definition) is 4. The van der Waals surface area contributed by atoms with E-state index >= 15 is 0 Å². The summed E-state index contributed by atoms with van der Waals surface area (Å²) in [5.74, 6) is 0.508. The number of fused-ring (bicyclic) bond motifs is 1. The zero-order valence-corrected chi connectivity index (χ0v) is 9.46. The van der Waals surface area contributed by atoms with Gasteiger partial charge in [-0.15, -0.1) is 0 Å². The Hall–Kier alpha value is -2.57. The van der Waals surface area contributed by atoms with E-state index in [1.54, 1.807) is 10.6 Å². The van der Waals surface area contributed by atoms with Gasteiger partial charge in [0, 0.05) is 19.2 Å². The van der Waals surface area contributed by atoms with E-state index < -0.39 is 6.03 Å². The maximum Gasteiger partial charge on any atom is 0.330 e. The molecule has 0 aromatic carbocycles. The number of carbonyl (C=O) groups is 2. The summed E-state index contributed by atoms with van der Waals surface area (Å²) in [6.45, 7) is 0.304. The Labute approximate surface area is 102 Å². The lowest BCUT2D eigenvalue weighted by Gasteiger charge is -2.24. The molecule has 7 heteroatoms. The number of imide groups is 1. The number of hydrogen-bond donors (Lipinski definition) is 2. The molecule has 3 heterocycles. The molecule has 0 unspecified atom stereocenters. The molecule has 7 nitrogen and oxygen atoms in total. The third kappa shape index (κ3) is 1.48. The Morgan fingerprint density at radius 1 is 1.33 bits per heavy atom. The average molecular weight is 245 g/mol. The molecular formula is C11H11N5O2. The molecule has 1 aliphatic rings. The molecule has 3 amide bonds. The van der Waals surface area contributed by atoms with Gasteiger partial charge >= 0.3 is 6.03 Å². The van der Waals surface area contributed by atoms with Crippen molar-refractivity contribution in [1.82, 2.24) is 14.7 Å². The van der Waals surface area contributed by atoms with Crippen LogP contribution in [0.4, 0.5) is 16.6 Å². The zero-order valence-electron chi connectivity index (χ0n) is 9.46. The van der Waals surface area contributed by atoms with Crippen LogP contribution in [0, 0.1) is 0 Å². The average Bonchev–Trinajstić information content (AvgIpc) is 2.68. The number of nitrogen functional groups attached to an aromatic ring is 1. The van der Waals surface area contributed by atoms with Crippen LogP contribution in [-0.4, -0.2) is 27.9 Å². The topological polar surface area (TPSA) is 92.7 Å². The molecule has 1 aliphatic heterocycles. The summed E-state index contributed by atoms with van der Waals surface area (Å²) in [4.78, 5) is 28.5. The molecular weight excluding hydrogens is 234 g/mol. The quantitative estimate of drug-likeness (QED) is 0.758. The lowest BCUT2D eigenvalue weighted by atomic mass is 10.3. The molecule has 2 aromatic heterocycles. The third-order valence-electron chi connectivity index (χ3n) is 2.85. The summed E-state index contributed by atoms with van der Waals surface area (Å²) >= 11 is 0. The minimum atomic E-state index is -0.470. The lowest BCUT2D eigenvalue weighted by Crippen LogP contribution is -2.50. The number of nitrogens with zero attached hydrogens (tertiary/aromatic N) is 3. The minimum Gasteiger partial charge on any atom is -0.382 e. The highest BCUT2D eigenvalue weighted by atomic mass is 16.2. The largest absolute Gasteiger partial charge is 0.382 e. The lowest BCUT2D eigenvalue weighted by molar-refractivity contribution is -0.120. The summed E-state index contributed by atoms with van der Waals surface area (Å²) in [6.07, 6.45) is 2.03. The maximum atomic E-state index is 11.8. The number of nitrogens with two attached hydrogens (primary N) is 1. The summed E-state index contributed by atoms with van der Waals surface area (Å²) in [7, 11) is 0. The number of urea groups is 1. The molecule has 0 spiro atoms. The monoisotopic (exact) mass is 245 g/mol. The fourth-order valence-electron chi connectivity index (χ4n) is 1.99. The zero-order chi connectivity index (χ0) is 12.7. The van der Waals surface area contributed by atoms with Gasteiger partial charge in [0.1, 0.15) is 0 Å². The van der Waals surface area contributed by atoms with Crippen LogP contribution in [0.25, 0.3) is 5.52 Å². The Balaban J connectivity index is 2.09. The number of imidazole rings is 1. The predicted octanol–water partition coefficient (Wildman–Crippen LogP) is 0.363. The number of amides is 3. The summed E-state index contributed by atoms with van der Waals surface area (Å²) in [5.41, 5.74) is 6.53. The Morgan fingerprint density at radius 2 is 2.17 bits per heavy atom. The molecule has 2 aromatic rings. The number of nitrogens with one attached hydrogen (secondary N) is 1. The highest BCUT2D eigenvalue weighted by Gasteiger charge is 2.27. The number of carbonyl (C=O) groups excluding carboxylic acids is 2. The molecule has 0 atom stereocenters. The number of aromatic nitrogens is 2. The van der Waals surface area contributed by atoms with Crippen molar-refractivity contribution in [1.29, 1.82) is 0 Å². The van der Waals surface area contributed by atoms with E-state index in [2.05, 4.69) is 10.3 Å². The van der Waals surface area contributed by atoms with E-state index in [0.717, 1.165) is 5.52 Å². The Morgan fingerprint density at radius 3 is 2.94 bits per heavy atom. The van der Waals surface area contributed by atoms with Crippen molar-refractivity contribution in [2.24, 2.45) is 0 Å². The minimum absolute atomic E-state index is 0.257. The SMILES string of the molecule is Nc1nc(N2CCC(=O)NC2=O)n2ccccc12. The number of rotatable bonds is 1. The van der Waals surface area contributed by atoms with E-state index in [9.17, 15) is 9.59 Å². The summed E-state index contributed by atoms with van der Waals surface area (Å²) < 4.78 is 1.73. The van der Waals surface area contributed by atoms with Crippen LogP contribution in [0.15, 0.2) is 24.4 Å². The van der Waals surface area contributed by atoms with Crippen molar-refractivity contribution in [2.45, 2.75) is 6.42 Å². The van der Waals surface area contributed by atoms with Crippen LogP contribution in [0.2, 0.25) is 0 Å². The van der Waals surface area contributed by atoms with Gasteiger partial charge in [0.25, 0.3) is 0 Å². The maximum absolute atomic E-state index is 11.8. The van der Waals surface area contributed by atoms with Crippen molar-refractivity contribution in [2.75, 3.05) is 17.2 Å². The number of pyridine rings is 1. The van der Waals surface area contributed by atoms with E-state index in [4.69, 9.17) is 5.73 Å². The van der Waals surface area contributed by atoms with Gasteiger partial charge in [0.15, 0.2) is 5.82 Å². The first-order valence-corrected chi connectivity index (χ1v) is 5.51. The van der Waals surface area contributed by atoms with E-state index in [1.807, 2.05) is 18.2 Å². The molecule has 0 saturated carbocycles. The molecule has 1 saturated heterocycles. The molecule has 3 rings (SSSR count). The second-order valence-electron chi connectivity index (χ2n) is 4.01. The van der Waals surface area contributed by atoms with Crippen LogP contribution in [0.5, 0.6) is 0 Å². The van der Waals surface area contributed by atoms with Crippen LogP contribution in [-0.2, 0) is 4.79 Å². The van der Waals surface area contributed by atoms with Gasteiger partial charge in [0.2, 0.25) is 11.9 Å². The summed E-state index contributed by atoms with van der Waals surface area (Å²) in [6, 6.07) is 5.02. The van der Waals surface area contributed by atoms with E-state index in [0.29, 0.717) is 18.3 Å². The van der Waals surface area contributed by atoms with E-state index in [-0.39, 0.29) is 12.3 Å². The van der Waals surface area contributed by atoms with Crippen molar-refractivity contribution in [3.05, 3.63) is 24.4 Å². The van der Waals surface area contributed by atoms with Gasteiger partial charge in [-0.1, -0.05) is 6.07 Å². The van der Waals surface area contributed by atoms with Crippen LogP contribution in [0.3, 0.4) is 0 Å². The van der Waals surface area contributed by atoms with Gasteiger partial charge in [-0.2, -0.15) is 4.98 Å². The molecule has 92 valence electrons. The van der Waals surface area contributed by atoms with Crippen molar-refractivity contribution in [3.8, 4) is 0 Å². The first-order valence-electron chi connectivity index (χ1n) is 5.51. The Kier molecular flexibility index (Phi) is 2.19. The van der Waals surface area contributed by atoms with Gasteiger partial charge in [-0.05, 0) is 12.1 Å². The smallest absolute Gasteiger partial charge is 0.330 e. The first-order chi connectivity index (χ1) is 8.66. The second kappa shape index (κ2) is 3.73. The van der Waals surface area contributed by atoms with Crippen LogP contribution in [0.1, 0.15) is 6.42 Å². The van der Waals surface area contributed by atoms with Crippen molar-refractivity contribution < 1.29 is 9.59 Å². The third-order valence-corrected chi connectivity index (χ3v) is 2.85. The van der Waals surface area contributed by atoms with Gasteiger partial charge in [-0.25, -0.2) is 4.79 Å². The van der Waals surface area contributed by atoms with Gasteiger partial charge < -0.3 is 5.73 Å². The van der Waals surface area contributed by atoms with Crippen molar-refractivity contribution >= 4 is 29.2 Å². The molecule has 1 fully saturated rings. The second-order valence-corrected chi connectivity index (χ2v) is 4.01. The van der Waals surface area contributed by atoms with Crippen LogP contribution < -0.4 is 16.0 Å². The highest BCUT2D eigenvalue weighted by Crippen LogP contribution is 2.22. The molecule has 3 N–H and O–H groups in total. The number of anilines is 2. The molecule has 0 radical (unpaired) electrons. The molecule has 18 heavy (non-hydrogen) atoms. The van der Waals surface area contributed by atoms with Gasteiger partial charge in [0.05, 0.1) is 5.52 Å². The normalized spacial score (nSPS) is 16.1. The summed E-state index contributed by atoms with van der Waals surface area (Å²) in [5, 5.41) is 2.26. The van der Waals surface area contributed by atoms with E-state index in [1.165, 1.54) is 4.90 Å². The van der Waals surface area contributed by atoms with Crippen LogP contribution >= 0.6 is 0 Å². The Bertz CT molecular complexity index is 648. The first kappa shape index (κ1) is 10.6. The standard InChI is InChI=1S/C11H11N5O2/c12-9-7-3-1-2-5-15(7)10(14-9)16-6-4-8(17)13-11(16)18/h1-3,5H,4,6,12H2,(H,13,17,18). The molecule has 0 bridgehead atoms. The van der Waals surface area contributed by atoms with Crippen molar-refractivity contribution in [3.63, 3.8) is 0 Å². The highest BCUT2D eigenvalue weighted by molar-refractivity contribution is 6.05. The fourth-order valence-corrected chi connectivity index (χ4v) is 1.99. The fraction of sp³-hybridized carbons (Fsp3) is 0.182. The molecule has 0 aliphatic carbocycles.